The zero-order valence-corrected chi connectivity index (χ0v) is 13.9. The highest BCUT2D eigenvalue weighted by Crippen LogP contribution is 2.29. The van der Waals surface area contributed by atoms with Gasteiger partial charge in [0.25, 0.3) is 0 Å². The molecule has 0 bridgehead atoms. The lowest BCUT2D eigenvalue weighted by atomic mass is 9.89. The lowest BCUT2D eigenvalue weighted by molar-refractivity contribution is 0.366. The van der Waals surface area contributed by atoms with Crippen LogP contribution in [0.5, 0.6) is 0 Å². The number of alkyl halides is 1. The first kappa shape index (κ1) is 16.2. The topological polar surface area (TPSA) is 46.2 Å². The van der Waals surface area contributed by atoms with E-state index < -0.39 is 15.8 Å². The third-order valence-electron chi connectivity index (χ3n) is 3.52. The smallest absolute Gasteiger partial charge is 0.211 e. The van der Waals surface area contributed by atoms with E-state index in [1.165, 1.54) is 6.07 Å². The van der Waals surface area contributed by atoms with Crippen molar-refractivity contribution in [2.45, 2.75) is 35.4 Å². The Balaban J connectivity index is 2.02. The molecule has 1 aliphatic rings. The van der Waals surface area contributed by atoms with E-state index in [1.807, 2.05) is 0 Å². The van der Waals surface area contributed by atoms with Crippen LogP contribution in [0.4, 0.5) is 4.39 Å². The average molecular weight is 385 g/mol. The minimum atomic E-state index is -3.76. The molecule has 0 saturated heterocycles. The van der Waals surface area contributed by atoms with Gasteiger partial charge in [0.15, 0.2) is 0 Å². The monoisotopic (exact) mass is 383 g/mol. The molecule has 0 unspecified atom stereocenters. The predicted molar refractivity (Wildman–Crippen MR) is 81.3 cm³/mol. The maximum atomic E-state index is 13.2. The van der Waals surface area contributed by atoms with Gasteiger partial charge >= 0.3 is 0 Å². The molecule has 0 heterocycles. The van der Waals surface area contributed by atoms with Crippen molar-refractivity contribution in [3.63, 3.8) is 0 Å². The minimum Gasteiger partial charge on any atom is -0.211 e. The lowest BCUT2D eigenvalue weighted by Crippen LogP contribution is -2.31. The highest BCUT2D eigenvalue weighted by molar-refractivity contribution is 9.09. The second-order valence-electron chi connectivity index (χ2n) is 5.04. The Morgan fingerprint density at radius 2 is 1.95 bits per heavy atom. The summed E-state index contributed by atoms with van der Waals surface area (Å²) in [5.74, 6) is -0.291. The Bertz CT molecular complexity index is 574. The van der Waals surface area contributed by atoms with E-state index in [0.29, 0.717) is 17.3 Å². The Morgan fingerprint density at radius 3 is 2.60 bits per heavy atom. The molecule has 3 nitrogen and oxygen atoms in total. The molecule has 0 atom stereocenters. The van der Waals surface area contributed by atoms with E-state index in [-0.39, 0.29) is 9.92 Å². The van der Waals surface area contributed by atoms with E-state index in [0.717, 1.165) is 37.8 Å². The first-order chi connectivity index (χ1) is 9.38. The molecule has 7 heteroatoms. The summed E-state index contributed by atoms with van der Waals surface area (Å²) >= 11 is 9.39. The van der Waals surface area contributed by atoms with Crippen LogP contribution in [0.25, 0.3) is 0 Å². The molecule has 0 radical (unpaired) electrons. The fraction of sp³-hybridized carbons (Fsp3) is 0.538. The number of hydrogen-bond acceptors (Lipinski definition) is 2. The summed E-state index contributed by atoms with van der Waals surface area (Å²) in [6.45, 7) is 0.370. The number of sulfonamides is 1. The van der Waals surface area contributed by atoms with Crippen LogP contribution in [0.1, 0.15) is 25.7 Å². The van der Waals surface area contributed by atoms with Crippen molar-refractivity contribution < 1.29 is 12.8 Å². The molecule has 1 N–H and O–H groups in total. The van der Waals surface area contributed by atoms with Gasteiger partial charge in [-0.2, -0.15) is 0 Å². The van der Waals surface area contributed by atoms with E-state index in [1.54, 1.807) is 0 Å². The molecule has 0 aromatic heterocycles. The molecule has 0 aliphatic heterocycles. The summed E-state index contributed by atoms with van der Waals surface area (Å²) in [5, 5.41) is 0.0306. The molecule has 1 aliphatic carbocycles. The van der Waals surface area contributed by atoms with Gasteiger partial charge < -0.3 is 0 Å². The van der Waals surface area contributed by atoms with Crippen molar-refractivity contribution in [3.8, 4) is 0 Å². The molecule has 1 fully saturated rings. The van der Waals surface area contributed by atoms with Crippen molar-refractivity contribution in [1.29, 1.82) is 0 Å². The van der Waals surface area contributed by atoms with E-state index in [9.17, 15) is 12.8 Å². The van der Waals surface area contributed by atoms with Crippen LogP contribution >= 0.6 is 27.5 Å². The molecule has 112 valence electrons. The molecule has 1 saturated carbocycles. The first-order valence-corrected chi connectivity index (χ1v) is 9.25. The van der Waals surface area contributed by atoms with Crippen molar-refractivity contribution in [3.05, 3.63) is 29.0 Å². The second kappa shape index (κ2) is 6.73. The largest absolute Gasteiger partial charge is 0.242 e. The molecule has 0 amide bonds. The number of hydrogen-bond donors (Lipinski definition) is 1. The Kier molecular flexibility index (Phi) is 5.45. The van der Waals surface area contributed by atoms with Crippen molar-refractivity contribution in [2.75, 3.05) is 6.54 Å². The molecule has 1 aromatic carbocycles. The van der Waals surface area contributed by atoms with Crippen molar-refractivity contribution >= 4 is 37.6 Å². The SMILES string of the molecule is O=S(=O)(NCC1CCC(Br)CC1)c1cc(F)ccc1Cl. The maximum absolute atomic E-state index is 13.2. The summed E-state index contributed by atoms with van der Waals surface area (Å²) < 4.78 is 40.0. The van der Waals surface area contributed by atoms with Crippen LogP contribution < -0.4 is 4.72 Å². The highest BCUT2D eigenvalue weighted by Gasteiger charge is 2.23. The molecule has 1 aromatic rings. The van der Waals surface area contributed by atoms with Crippen molar-refractivity contribution in [2.24, 2.45) is 5.92 Å². The minimum absolute atomic E-state index is 0.0306. The van der Waals surface area contributed by atoms with Gasteiger partial charge in [-0.1, -0.05) is 27.5 Å². The number of benzene rings is 1. The lowest BCUT2D eigenvalue weighted by Gasteiger charge is -2.25. The normalized spacial score (nSPS) is 23.8. The Hall–Kier alpha value is -0.170. The van der Waals surface area contributed by atoms with Gasteiger partial charge in [-0.15, -0.1) is 0 Å². The molecule has 2 rings (SSSR count). The van der Waals surface area contributed by atoms with Gasteiger partial charge in [-0.05, 0) is 49.8 Å². The van der Waals surface area contributed by atoms with E-state index in [4.69, 9.17) is 11.6 Å². The quantitative estimate of drug-likeness (QED) is 0.804. The summed E-state index contributed by atoms with van der Waals surface area (Å²) in [5.41, 5.74) is 0. The second-order valence-corrected chi connectivity index (χ2v) is 8.48. The van der Waals surface area contributed by atoms with Crippen LogP contribution in [0.15, 0.2) is 23.1 Å². The molecular formula is C13H16BrClFNO2S. The van der Waals surface area contributed by atoms with Gasteiger partial charge in [0.2, 0.25) is 10.0 Å². The Morgan fingerprint density at radius 1 is 1.30 bits per heavy atom. The summed E-state index contributed by atoms with van der Waals surface area (Å²) in [7, 11) is -3.76. The summed E-state index contributed by atoms with van der Waals surface area (Å²) in [6.07, 6.45) is 4.06. The van der Waals surface area contributed by atoms with Crippen LogP contribution in [0.2, 0.25) is 5.02 Å². The molecular weight excluding hydrogens is 369 g/mol. The first-order valence-electron chi connectivity index (χ1n) is 6.47. The van der Waals surface area contributed by atoms with Crippen molar-refractivity contribution in [1.82, 2.24) is 4.72 Å². The third-order valence-corrected chi connectivity index (χ3v) is 6.34. The van der Waals surface area contributed by atoms with Crippen LogP contribution in [-0.2, 0) is 10.0 Å². The van der Waals surface area contributed by atoms with Gasteiger partial charge in [0.05, 0.1) is 5.02 Å². The van der Waals surface area contributed by atoms with Gasteiger partial charge in [0.1, 0.15) is 10.7 Å². The van der Waals surface area contributed by atoms with Crippen LogP contribution in [0.3, 0.4) is 0 Å². The average Bonchev–Trinajstić information content (AvgIpc) is 2.41. The summed E-state index contributed by atoms with van der Waals surface area (Å²) in [6, 6.07) is 3.33. The fourth-order valence-electron chi connectivity index (χ4n) is 2.31. The number of rotatable bonds is 4. The zero-order chi connectivity index (χ0) is 14.8. The van der Waals surface area contributed by atoms with E-state index >= 15 is 0 Å². The third kappa shape index (κ3) is 4.16. The molecule has 20 heavy (non-hydrogen) atoms. The molecule has 0 spiro atoms. The fourth-order valence-corrected chi connectivity index (χ4v) is 4.47. The standard InChI is InChI=1S/C13H16BrClFNO2S/c14-10-3-1-9(2-4-10)8-17-20(18,19)13-7-11(16)5-6-12(13)15/h5-7,9-10,17H,1-4,8H2. The van der Waals surface area contributed by atoms with Gasteiger partial charge in [-0.25, -0.2) is 17.5 Å². The van der Waals surface area contributed by atoms with Gasteiger partial charge in [0, 0.05) is 11.4 Å². The highest BCUT2D eigenvalue weighted by atomic mass is 79.9. The number of halogens is 3. The maximum Gasteiger partial charge on any atom is 0.242 e. The predicted octanol–water partition coefficient (Wildman–Crippen LogP) is 3.71. The van der Waals surface area contributed by atoms with Crippen LogP contribution in [-0.4, -0.2) is 19.8 Å². The number of nitrogens with one attached hydrogen (secondary N) is 1. The Labute approximate surface area is 132 Å². The van der Waals surface area contributed by atoms with Crippen LogP contribution in [0, 0.1) is 11.7 Å². The zero-order valence-electron chi connectivity index (χ0n) is 10.8. The van der Waals surface area contributed by atoms with E-state index in [2.05, 4.69) is 20.7 Å². The summed E-state index contributed by atoms with van der Waals surface area (Å²) in [4.78, 5) is 0.335. The van der Waals surface area contributed by atoms with Gasteiger partial charge in [-0.3, -0.25) is 0 Å².